The number of nitro benzene ring substituents is 1. The third kappa shape index (κ3) is 3.38. The minimum atomic E-state index is -0.787. The molecule has 1 N–H and O–H groups in total. The number of anilines is 1. The summed E-state index contributed by atoms with van der Waals surface area (Å²) in [6.45, 7) is 1.59. The Morgan fingerprint density at radius 2 is 1.76 bits per heavy atom. The van der Waals surface area contributed by atoms with Crippen molar-refractivity contribution in [2.24, 2.45) is 17.8 Å². The Labute approximate surface area is 216 Å². The van der Waals surface area contributed by atoms with Crippen LogP contribution in [-0.4, -0.2) is 33.4 Å². The van der Waals surface area contributed by atoms with E-state index in [2.05, 4.69) is 0 Å². The molecule has 1 aliphatic heterocycles. The van der Waals surface area contributed by atoms with E-state index in [-0.39, 0.29) is 41.5 Å². The lowest BCUT2D eigenvalue weighted by Gasteiger charge is -2.42. The molecule has 1 fully saturated rings. The summed E-state index contributed by atoms with van der Waals surface area (Å²) >= 11 is 0. The zero-order valence-corrected chi connectivity index (χ0v) is 20.3. The van der Waals surface area contributed by atoms with Gasteiger partial charge < -0.3 is 5.11 Å². The largest absolute Gasteiger partial charge is 0.508 e. The van der Waals surface area contributed by atoms with Crippen LogP contribution in [-0.2, 0) is 19.2 Å². The summed E-state index contributed by atoms with van der Waals surface area (Å²) in [4.78, 5) is 65.5. The molecular formula is C29H22N2O7. The second-order valence-corrected chi connectivity index (χ2v) is 10.1. The first-order valence-electron chi connectivity index (χ1n) is 12.3. The number of nitro groups is 1. The van der Waals surface area contributed by atoms with Gasteiger partial charge in [-0.15, -0.1) is 0 Å². The fraction of sp³-hybridized carbons (Fsp3) is 0.241. The first kappa shape index (κ1) is 23.7. The first-order valence-corrected chi connectivity index (χ1v) is 12.3. The number of carbonyl (C=O) groups excluding carboxylic acids is 4. The number of phenolic OH excluding ortho intramolecular Hbond substituents is 1. The highest BCUT2D eigenvalue weighted by molar-refractivity contribution is 6.25. The molecule has 9 heteroatoms. The molecule has 0 radical (unpaired) electrons. The molecule has 38 heavy (non-hydrogen) atoms. The number of amides is 2. The molecule has 1 saturated heterocycles. The predicted octanol–water partition coefficient (Wildman–Crippen LogP) is 3.93. The molecule has 2 amide bonds. The monoisotopic (exact) mass is 510 g/mol. The fourth-order valence-corrected chi connectivity index (χ4v) is 6.45. The van der Waals surface area contributed by atoms with E-state index in [9.17, 15) is 34.4 Å². The van der Waals surface area contributed by atoms with Crippen molar-refractivity contribution in [3.8, 4) is 5.75 Å². The van der Waals surface area contributed by atoms with E-state index in [4.69, 9.17) is 0 Å². The van der Waals surface area contributed by atoms with Crippen LogP contribution in [0.3, 0.4) is 0 Å². The number of imide groups is 1. The summed E-state index contributed by atoms with van der Waals surface area (Å²) in [5.74, 6) is -4.10. The van der Waals surface area contributed by atoms with Crippen molar-refractivity contribution in [3.05, 3.63) is 98.7 Å². The van der Waals surface area contributed by atoms with E-state index in [0.717, 1.165) is 10.5 Å². The molecule has 0 aromatic heterocycles. The Morgan fingerprint density at radius 1 is 1.00 bits per heavy atom. The van der Waals surface area contributed by atoms with Crippen LogP contribution < -0.4 is 4.90 Å². The average molecular weight is 511 g/mol. The first-order chi connectivity index (χ1) is 18.2. The zero-order chi connectivity index (χ0) is 26.9. The zero-order valence-electron chi connectivity index (χ0n) is 20.3. The standard InChI is InChI=1S/C29H22N2O7/c1-14-10-23(33)22-13-21-19(24(26(22)27(14)34)15-4-2-7-18(32)11-15)8-9-20-25(21)29(36)30(28(20)35)16-5-3-6-17(12-16)31(37)38/h2-8,10-12,20-21,24-25,32H,9,13H2,1H3. The molecule has 9 nitrogen and oxygen atoms in total. The maximum atomic E-state index is 13.8. The number of aromatic hydroxyl groups is 1. The molecule has 190 valence electrons. The van der Waals surface area contributed by atoms with Gasteiger partial charge in [0.1, 0.15) is 5.75 Å². The van der Waals surface area contributed by atoms with Gasteiger partial charge in [-0.25, -0.2) is 4.90 Å². The van der Waals surface area contributed by atoms with Crippen LogP contribution in [0.15, 0.2) is 83.0 Å². The Hall–Kier alpha value is -4.66. The van der Waals surface area contributed by atoms with Gasteiger partial charge in [-0.1, -0.05) is 29.8 Å². The van der Waals surface area contributed by atoms with Crippen LogP contribution in [0, 0.1) is 27.9 Å². The maximum Gasteiger partial charge on any atom is 0.271 e. The van der Waals surface area contributed by atoms with Gasteiger partial charge in [0.25, 0.3) is 5.69 Å². The predicted molar refractivity (Wildman–Crippen MR) is 135 cm³/mol. The number of hydrogen-bond donors (Lipinski definition) is 1. The van der Waals surface area contributed by atoms with Gasteiger partial charge in [0.15, 0.2) is 11.6 Å². The number of rotatable bonds is 3. The number of ketones is 2. The van der Waals surface area contributed by atoms with Crippen LogP contribution in [0.25, 0.3) is 0 Å². The second-order valence-electron chi connectivity index (χ2n) is 10.1. The van der Waals surface area contributed by atoms with Crippen LogP contribution in [0.2, 0.25) is 0 Å². The molecular weight excluding hydrogens is 488 g/mol. The lowest BCUT2D eigenvalue weighted by Crippen LogP contribution is -2.39. The molecule has 0 bridgehead atoms. The van der Waals surface area contributed by atoms with Crippen LogP contribution in [0.4, 0.5) is 11.4 Å². The smallest absolute Gasteiger partial charge is 0.271 e. The maximum absolute atomic E-state index is 13.8. The third-order valence-electron chi connectivity index (χ3n) is 8.07. The fourth-order valence-electron chi connectivity index (χ4n) is 6.45. The van der Waals surface area contributed by atoms with Gasteiger partial charge in [0.05, 0.1) is 22.4 Å². The normalized spacial score (nSPS) is 26.5. The summed E-state index contributed by atoms with van der Waals surface area (Å²) < 4.78 is 0. The Balaban J connectivity index is 1.47. The summed E-state index contributed by atoms with van der Waals surface area (Å²) in [7, 11) is 0. The highest BCUT2D eigenvalue weighted by atomic mass is 16.6. The third-order valence-corrected chi connectivity index (χ3v) is 8.07. The van der Waals surface area contributed by atoms with Crippen LogP contribution >= 0.6 is 0 Å². The quantitative estimate of drug-likeness (QED) is 0.217. The topological polar surface area (TPSA) is 135 Å². The van der Waals surface area contributed by atoms with Gasteiger partial charge in [-0.05, 0) is 55.5 Å². The van der Waals surface area contributed by atoms with E-state index in [0.29, 0.717) is 22.3 Å². The van der Waals surface area contributed by atoms with Gasteiger partial charge >= 0.3 is 0 Å². The molecule has 3 aliphatic carbocycles. The number of benzene rings is 2. The second kappa shape index (κ2) is 8.44. The number of carbonyl (C=O) groups is 4. The van der Waals surface area contributed by atoms with E-state index in [1.165, 1.54) is 36.4 Å². The van der Waals surface area contributed by atoms with Gasteiger partial charge in [0, 0.05) is 34.8 Å². The molecule has 6 rings (SSSR count). The minimum Gasteiger partial charge on any atom is -0.508 e. The lowest BCUT2D eigenvalue weighted by atomic mass is 9.59. The summed E-state index contributed by atoms with van der Waals surface area (Å²) in [6.07, 6.45) is 3.58. The molecule has 0 saturated carbocycles. The molecule has 0 spiro atoms. The Morgan fingerprint density at radius 3 is 2.50 bits per heavy atom. The van der Waals surface area contributed by atoms with Crippen molar-refractivity contribution in [1.82, 2.24) is 0 Å². The summed E-state index contributed by atoms with van der Waals surface area (Å²) in [5.41, 5.74) is 2.30. The number of allylic oxidation sites excluding steroid dienone is 6. The number of phenols is 1. The lowest BCUT2D eigenvalue weighted by molar-refractivity contribution is -0.384. The van der Waals surface area contributed by atoms with Crippen molar-refractivity contribution in [2.75, 3.05) is 4.90 Å². The van der Waals surface area contributed by atoms with Crippen molar-refractivity contribution < 1.29 is 29.2 Å². The summed E-state index contributed by atoms with van der Waals surface area (Å²) in [6, 6.07) is 11.9. The number of fused-ring (bicyclic) bond motifs is 3. The van der Waals surface area contributed by atoms with Gasteiger partial charge in [0.2, 0.25) is 11.8 Å². The average Bonchev–Trinajstić information content (AvgIpc) is 3.15. The number of Topliss-reactive ketones (excluding diaryl/α,β-unsaturated/α-hetero) is 1. The van der Waals surface area contributed by atoms with E-state index in [1.807, 2.05) is 6.08 Å². The van der Waals surface area contributed by atoms with Crippen molar-refractivity contribution in [2.45, 2.75) is 25.7 Å². The van der Waals surface area contributed by atoms with Crippen LogP contribution in [0.5, 0.6) is 5.75 Å². The number of nitrogens with zero attached hydrogens (tertiary/aromatic N) is 2. The van der Waals surface area contributed by atoms with E-state index < -0.39 is 40.4 Å². The summed E-state index contributed by atoms with van der Waals surface area (Å²) in [5, 5.41) is 21.5. The minimum absolute atomic E-state index is 0.00637. The Kier molecular flexibility index (Phi) is 5.27. The number of non-ortho nitro benzene ring substituents is 1. The molecule has 4 aliphatic rings. The van der Waals surface area contributed by atoms with E-state index >= 15 is 0 Å². The highest BCUT2D eigenvalue weighted by Crippen LogP contribution is 2.55. The van der Waals surface area contributed by atoms with Gasteiger partial charge in [-0.2, -0.15) is 0 Å². The molecule has 2 aromatic carbocycles. The van der Waals surface area contributed by atoms with Gasteiger partial charge in [-0.3, -0.25) is 29.3 Å². The Bertz CT molecular complexity index is 1580. The van der Waals surface area contributed by atoms with Crippen molar-refractivity contribution in [1.29, 1.82) is 0 Å². The molecule has 2 aromatic rings. The van der Waals surface area contributed by atoms with Crippen molar-refractivity contribution >= 4 is 34.8 Å². The molecule has 1 heterocycles. The highest BCUT2D eigenvalue weighted by Gasteiger charge is 2.56. The number of hydrogen-bond acceptors (Lipinski definition) is 7. The molecule has 4 unspecified atom stereocenters. The molecule has 4 atom stereocenters. The van der Waals surface area contributed by atoms with Crippen molar-refractivity contribution in [3.63, 3.8) is 0 Å². The SMILES string of the molecule is CC1=CC(=O)C2=C(C1=O)C(c1cccc(O)c1)C1=CCC3C(=O)N(c4cccc([N+](=O)[O-])c4)C(=O)C3C1C2. The van der Waals surface area contributed by atoms with Crippen LogP contribution in [0.1, 0.15) is 31.2 Å². The van der Waals surface area contributed by atoms with E-state index in [1.54, 1.807) is 25.1 Å².